The van der Waals surface area contributed by atoms with Gasteiger partial charge < -0.3 is 10.1 Å². The largest absolute Gasteiger partial charge is 0.481 e. The quantitative estimate of drug-likeness (QED) is 0.845. The van der Waals surface area contributed by atoms with E-state index >= 15 is 0 Å². The Morgan fingerprint density at radius 1 is 1.56 bits per heavy atom. The smallest absolute Gasteiger partial charge is 0.258 e. The van der Waals surface area contributed by atoms with E-state index in [1.807, 2.05) is 6.92 Å². The monoisotopic (exact) mass is 223 g/mol. The summed E-state index contributed by atoms with van der Waals surface area (Å²) in [4.78, 5) is 11.3. The van der Waals surface area contributed by atoms with Crippen molar-refractivity contribution >= 4 is 5.91 Å². The maximum atomic E-state index is 13.2. The van der Waals surface area contributed by atoms with Crippen molar-refractivity contribution in [1.29, 1.82) is 0 Å². The number of carbonyl (C=O) groups excluding carboxylic acids is 1. The molecule has 16 heavy (non-hydrogen) atoms. The fourth-order valence-corrected chi connectivity index (χ4v) is 1.36. The average Bonchev–Trinajstić information content (AvgIpc) is 3.03. The summed E-state index contributed by atoms with van der Waals surface area (Å²) in [6, 6.07) is 4.88. The lowest BCUT2D eigenvalue weighted by Gasteiger charge is -2.08. The number of benzene rings is 1. The molecular weight excluding hydrogens is 209 g/mol. The van der Waals surface area contributed by atoms with Gasteiger partial charge in [0, 0.05) is 6.04 Å². The topological polar surface area (TPSA) is 38.3 Å². The minimum Gasteiger partial charge on any atom is -0.481 e. The van der Waals surface area contributed by atoms with Gasteiger partial charge >= 0.3 is 0 Å². The first kappa shape index (κ1) is 10.9. The summed E-state index contributed by atoms with van der Waals surface area (Å²) in [5, 5.41) is 2.77. The van der Waals surface area contributed by atoms with E-state index in [1.165, 1.54) is 6.07 Å². The summed E-state index contributed by atoms with van der Waals surface area (Å²) in [6.45, 7) is 1.72. The molecule has 1 aromatic rings. The normalized spacial score (nSPS) is 14.6. The number of rotatable bonds is 4. The first-order valence-corrected chi connectivity index (χ1v) is 5.33. The van der Waals surface area contributed by atoms with Gasteiger partial charge in [-0.3, -0.25) is 4.79 Å². The Labute approximate surface area is 93.6 Å². The maximum absolute atomic E-state index is 13.2. The van der Waals surface area contributed by atoms with Crippen LogP contribution in [-0.2, 0) is 4.79 Å². The van der Waals surface area contributed by atoms with Crippen molar-refractivity contribution in [3.63, 3.8) is 0 Å². The highest BCUT2D eigenvalue weighted by molar-refractivity contribution is 5.78. The second-order valence-electron chi connectivity index (χ2n) is 4.06. The summed E-state index contributed by atoms with van der Waals surface area (Å²) in [7, 11) is 0. The molecule has 1 aromatic carbocycles. The van der Waals surface area contributed by atoms with Gasteiger partial charge in [0.25, 0.3) is 5.91 Å². The van der Waals surface area contributed by atoms with Gasteiger partial charge in [0.05, 0.1) is 0 Å². The Kier molecular flexibility index (Phi) is 3.08. The predicted octanol–water partition coefficient (Wildman–Crippen LogP) is 1.79. The molecule has 86 valence electrons. The lowest BCUT2D eigenvalue weighted by molar-refractivity contribution is -0.123. The molecule has 0 unspecified atom stereocenters. The number of amides is 1. The molecule has 1 amide bonds. The third-order valence-corrected chi connectivity index (χ3v) is 2.39. The number of halogens is 1. The fourth-order valence-electron chi connectivity index (χ4n) is 1.36. The molecule has 0 heterocycles. The van der Waals surface area contributed by atoms with Crippen molar-refractivity contribution in [3.05, 3.63) is 29.6 Å². The number of carbonyl (C=O) groups is 1. The molecule has 1 aliphatic rings. The lowest BCUT2D eigenvalue weighted by atomic mass is 10.2. The average molecular weight is 223 g/mol. The molecule has 0 bridgehead atoms. The predicted molar refractivity (Wildman–Crippen MR) is 57.8 cm³/mol. The molecule has 0 aromatic heterocycles. The van der Waals surface area contributed by atoms with Crippen molar-refractivity contribution < 1.29 is 13.9 Å². The molecule has 0 spiro atoms. The highest BCUT2D eigenvalue weighted by Crippen LogP contribution is 2.19. The Balaban J connectivity index is 1.87. The molecule has 1 fully saturated rings. The van der Waals surface area contributed by atoms with Crippen LogP contribution < -0.4 is 10.1 Å². The van der Waals surface area contributed by atoms with Gasteiger partial charge in [-0.15, -0.1) is 0 Å². The summed E-state index contributed by atoms with van der Waals surface area (Å²) in [5.41, 5.74) is 0.902. The number of nitrogens with one attached hydrogen (secondary N) is 1. The van der Waals surface area contributed by atoms with Crippen LogP contribution in [0.3, 0.4) is 0 Å². The Morgan fingerprint density at radius 2 is 2.31 bits per heavy atom. The van der Waals surface area contributed by atoms with E-state index in [4.69, 9.17) is 4.74 Å². The van der Waals surface area contributed by atoms with E-state index in [1.54, 1.807) is 12.1 Å². The summed E-state index contributed by atoms with van der Waals surface area (Å²) in [5.74, 6) is -0.501. The minimum absolute atomic E-state index is 0.128. The van der Waals surface area contributed by atoms with Gasteiger partial charge in [0.2, 0.25) is 0 Å². The summed E-state index contributed by atoms with van der Waals surface area (Å²) in [6.07, 6.45) is 2.06. The van der Waals surface area contributed by atoms with Crippen LogP contribution in [0.4, 0.5) is 4.39 Å². The van der Waals surface area contributed by atoms with Gasteiger partial charge in [0.1, 0.15) is 0 Å². The van der Waals surface area contributed by atoms with Gasteiger partial charge in [0.15, 0.2) is 18.2 Å². The van der Waals surface area contributed by atoms with E-state index in [9.17, 15) is 9.18 Å². The van der Waals surface area contributed by atoms with E-state index < -0.39 is 5.82 Å². The molecule has 0 radical (unpaired) electrons. The van der Waals surface area contributed by atoms with Gasteiger partial charge in [-0.05, 0) is 37.5 Å². The van der Waals surface area contributed by atoms with Crippen LogP contribution >= 0.6 is 0 Å². The standard InChI is InChI=1S/C12H14FNO2/c1-8-2-5-10(13)11(6-8)16-7-12(15)14-9-3-4-9/h2,5-6,9H,3-4,7H2,1H3,(H,14,15). The van der Waals surface area contributed by atoms with E-state index in [0.29, 0.717) is 6.04 Å². The number of ether oxygens (including phenoxy) is 1. The Hall–Kier alpha value is -1.58. The second kappa shape index (κ2) is 4.51. The van der Waals surface area contributed by atoms with Crippen LogP contribution in [0.5, 0.6) is 5.75 Å². The molecule has 0 saturated heterocycles. The molecular formula is C12H14FNO2. The zero-order valence-corrected chi connectivity index (χ0v) is 9.13. The maximum Gasteiger partial charge on any atom is 0.258 e. The molecule has 1 saturated carbocycles. The minimum atomic E-state index is -0.440. The first-order valence-electron chi connectivity index (χ1n) is 5.33. The third kappa shape index (κ3) is 2.95. The van der Waals surface area contributed by atoms with Crippen LogP contribution in [0.25, 0.3) is 0 Å². The number of hydrogen-bond acceptors (Lipinski definition) is 2. The van der Waals surface area contributed by atoms with Crippen molar-refractivity contribution in [1.82, 2.24) is 5.32 Å². The molecule has 1 aliphatic carbocycles. The van der Waals surface area contributed by atoms with Crippen LogP contribution in [0.1, 0.15) is 18.4 Å². The number of hydrogen-bond donors (Lipinski definition) is 1. The molecule has 2 rings (SSSR count). The summed E-state index contributed by atoms with van der Waals surface area (Å²) >= 11 is 0. The SMILES string of the molecule is Cc1ccc(F)c(OCC(=O)NC2CC2)c1. The zero-order chi connectivity index (χ0) is 11.5. The van der Waals surface area contributed by atoms with Crippen molar-refractivity contribution in [2.24, 2.45) is 0 Å². The molecule has 1 N–H and O–H groups in total. The highest BCUT2D eigenvalue weighted by atomic mass is 19.1. The fraction of sp³-hybridized carbons (Fsp3) is 0.417. The van der Waals surface area contributed by atoms with E-state index in [0.717, 1.165) is 18.4 Å². The van der Waals surface area contributed by atoms with Crippen LogP contribution in [0.15, 0.2) is 18.2 Å². The lowest BCUT2D eigenvalue weighted by Crippen LogP contribution is -2.30. The van der Waals surface area contributed by atoms with Crippen LogP contribution in [-0.4, -0.2) is 18.6 Å². The molecule has 3 nitrogen and oxygen atoms in total. The van der Waals surface area contributed by atoms with Crippen molar-refractivity contribution in [3.8, 4) is 5.75 Å². The first-order chi connectivity index (χ1) is 7.65. The van der Waals surface area contributed by atoms with Gasteiger partial charge in [-0.1, -0.05) is 6.07 Å². The van der Waals surface area contributed by atoms with Crippen molar-refractivity contribution in [2.45, 2.75) is 25.8 Å². The van der Waals surface area contributed by atoms with Crippen LogP contribution in [0.2, 0.25) is 0 Å². The summed E-state index contributed by atoms with van der Waals surface area (Å²) < 4.78 is 18.4. The van der Waals surface area contributed by atoms with Gasteiger partial charge in [-0.25, -0.2) is 4.39 Å². The van der Waals surface area contributed by atoms with Crippen molar-refractivity contribution in [2.75, 3.05) is 6.61 Å². The number of aryl methyl sites for hydroxylation is 1. The van der Waals surface area contributed by atoms with E-state index in [-0.39, 0.29) is 18.3 Å². The molecule has 0 atom stereocenters. The third-order valence-electron chi connectivity index (χ3n) is 2.39. The highest BCUT2D eigenvalue weighted by Gasteiger charge is 2.23. The zero-order valence-electron chi connectivity index (χ0n) is 9.13. The Bertz CT molecular complexity index is 402. The Morgan fingerprint density at radius 3 is 3.00 bits per heavy atom. The van der Waals surface area contributed by atoms with Crippen LogP contribution in [0, 0.1) is 12.7 Å². The molecule has 4 heteroatoms. The second-order valence-corrected chi connectivity index (χ2v) is 4.06. The van der Waals surface area contributed by atoms with E-state index in [2.05, 4.69) is 5.32 Å². The van der Waals surface area contributed by atoms with Gasteiger partial charge in [-0.2, -0.15) is 0 Å². The molecule has 0 aliphatic heterocycles.